The summed E-state index contributed by atoms with van der Waals surface area (Å²) in [4.78, 5) is 14.4. The van der Waals surface area contributed by atoms with E-state index < -0.39 is 0 Å². The van der Waals surface area contributed by atoms with Gasteiger partial charge in [0.15, 0.2) is 6.29 Å². The summed E-state index contributed by atoms with van der Waals surface area (Å²) in [6.45, 7) is 2.34. The molecule has 0 spiro atoms. The summed E-state index contributed by atoms with van der Waals surface area (Å²) in [6, 6.07) is 8.15. The zero-order valence-electron chi connectivity index (χ0n) is 11.8. The van der Waals surface area contributed by atoms with E-state index in [0.29, 0.717) is 0 Å². The molecule has 110 valence electrons. The topological polar surface area (TPSA) is 50.8 Å². The van der Waals surface area contributed by atoms with Crippen molar-refractivity contribution >= 4 is 17.8 Å². The zero-order chi connectivity index (χ0) is 14.4. The molecular weight excluding hydrogens is 276 g/mol. The van der Waals surface area contributed by atoms with E-state index in [1.807, 2.05) is 17.0 Å². The zero-order valence-corrected chi connectivity index (χ0v) is 12.6. The van der Waals surface area contributed by atoms with Crippen LogP contribution in [0.25, 0.3) is 0 Å². The van der Waals surface area contributed by atoms with Gasteiger partial charge in [0.2, 0.25) is 0 Å². The molecule has 0 unspecified atom stereocenters. The summed E-state index contributed by atoms with van der Waals surface area (Å²) in [5, 5.41) is 2.80. The number of nitrogens with one attached hydrogen (secondary N) is 1. The second-order valence-corrected chi connectivity index (χ2v) is 5.61. The van der Waals surface area contributed by atoms with E-state index in [0.717, 1.165) is 31.0 Å². The Morgan fingerprint density at radius 1 is 1.30 bits per heavy atom. The molecule has 20 heavy (non-hydrogen) atoms. The van der Waals surface area contributed by atoms with Crippen LogP contribution in [0.15, 0.2) is 29.2 Å². The molecule has 1 aromatic carbocycles. The Balaban J connectivity index is 1.80. The van der Waals surface area contributed by atoms with Gasteiger partial charge in [-0.1, -0.05) is 12.1 Å². The maximum Gasteiger partial charge on any atom is 0.317 e. The van der Waals surface area contributed by atoms with Gasteiger partial charge >= 0.3 is 6.03 Å². The van der Waals surface area contributed by atoms with E-state index in [9.17, 15) is 4.79 Å². The Kier molecular flexibility index (Phi) is 5.70. The number of carbonyl (C=O) groups is 1. The van der Waals surface area contributed by atoms with E-state index in [1.165, 1.54) is 4.90 Å². The van der Waals surface area contributed by atoms with Crippen LogP contribution in [-0.4, -0.2) is 50.5 Å². The molecule has 2 rings (SSSR count). The standard InChI is InChI=1S/C14H20N2O3S/c1-18-13(19-2)11-3-5-12(6-4-11)20-10-9-16-8-7-15-14(16)17/h3-6,13H,7-10H2,1-2H3,(H,15,17). The Labute approximate surface area is 123 Å². The summed E-state index contributed by atoms with van der Waals surface area (Å²) in [7, 11) is 3.25. The molecule has 1 heterocycles. The van der Waals surface area contributed by atoms with Crippen LogP contribution < -0.4 is 5.32 Å². The molecule has 0 aromatic heterocycles. The number of nitrogens with zero attached hydrogens (tertiary/aromatic N) is 1. The van der Waals surface area contributed by atoms with Crippen molar-refractivity contribution in [1.29, 1.82) is 0 Å². The molecule has 6 heteroatoms. The highest BCUT2D eigenvalue weighted by atomic mass is 32.2. The van der Waals surface area contributed by atoms with Gasteiger partial charge in [-0.3, -0.25) is 0 Å². The van der Waals surface area contributed by atoms with Crippen LogP contribution in [-0.2, 0) is 9.47 Å². The minimum atomic E-state index is -0.317. The van der Waals surface area contributed by atoms with Gasteiger partial charge in [-0.25, -0.2) is 4.79 Å². The number of ether oxygens (including phenoxy) is 2. The fourth-order valence-corrected chi connectivity index (χ4v) is 2.96. The Bertz CT molecular complexity index is 435. The smallest absolute Gasteiger partial charge is 0.317 e. The van der Waals surface area contributed by atoms with Gasteiger partial charge in [-0.05, 0) is 12.1 Å². The highest BCUT2D eigenvalue weighted by molar-refractivity contribution is 7.99. The van der Waals surface area contributed by atoms with Gasteiger partial charge in [0, 0.05) is 50.1 Å². The first-order valence-electron chi connectivity index (χ1n) is 6.55. The van der Waals surface area contributed by atoms with Gasteiger partial charge in [0.25, 0.3) is 0 Å². The third-order valence-electron chi connectivity index (χ3n) is 3.16. The highest BCUT2D eigenvalue weighted by Gasteiger charge is 2.18. The molecule has 5 nitrogen and oxygen atoms in total. The van der Waals surface area contributed by atoms with E-state index in [1.54, 1.807) is 26.0 Å². The molecule has 0 bridgehead atoms. The predicted molar refractivity (Wildman–Crippen MR) is 78.9 cm³/mol. The monoisotopic (exact) mass is 296 g/mol. The molecule has 1 aromatic rings. The second kappa shape index (κ2) is 7.52. The Hall–Kier alpha value is -1.24. The summed E-state index contributed by atoms with van der Waals surface area (Å²) in [6.07, 6.45) is -0.317. The quantitative estimate of drug-likeness (QED) is 0.618. The summed E-state index contributed by atoms with van der Waals surface area (Å²) < 4.78 is 10.4. The second-order valence-electron chi connectivity index (χ2n) is 4.44. The lowest BCUT2D eigenvalue weighted by molar-refractivity contribution is -0.106. The summed E-state index contributed by atoms with van der Waals surface area (Å²) in [5.74, 6) is 0.894. The SMILES string of the molecule is COC(OC)c1ccc(SCCN2CCNC2=O)cc1. The van der Waals surface area contributed by atoms with Gasteiger partial charge < -0.3 is 19.7 Å². The molecule has 1 N–H and O–H groups in total. The third-order valence-corrected chi connectivity index (χ3v) is 4.15. The van der Waals surface area contributed by atoms with Crippen molar-refractivity contribution in [3.8, 4) is 0 Å². The highest BCUT2D eigenvalue weighted by Crippen LogP contribution is 2.23. The first-order valence-corrected chi connectivity index (χ1v) is 7.54. The van der Waals surface area contributed by atoms with Crippen molar-refractivity contribution in [2.45, 2.75) is 11.2 Å². The van der Waals surface area contributed by atoms with Crippen LogP contribution >= 0.6 is 11.8 Å². The fourth-order valence-electron chi connectivity index (χ4n) is 2.09. The lowest BCUT2D eigenvalue weighted by Crippen LogP contribution is -2.30. The first-order chi connectivity index (χ1) is 9.74. The minimum Gasteiger partial charge on any atom is -0.352 e. The van der Waals surface area contributed by atoms with Crippen molar-refractivity contribution in [2.75, 3.05) is 39.6 Å². The average Bonchev–Trinajstić information content (AvgIpc) is 2.87. The van der Waals surface area contributed by atoms with Gasteiger partial charge in [0.1, 0.15) is 0 Å². The van der Waals surface area contributed by atoms with Gasteiger partial charge in [-0.2, -0.15) is 0 Å². The Morgan fingerprint density at radius 2 is 2.00 bits per heavy atom. The molecule has 1 fully saturated rings. The molecular formula is C14H20N2O3S. The average molecular weight is 296 g/mol. The Morgan fingerprint density at radius 3 is 2.55 bits per heavy atom. The number of methoxy groups -OCH3 is 2. The van der Waals surface area contributed by atoms with Crippen molar-refractivity contribution in [3.63, 3.8) is 0 Å². The number of benzene rings is 1. The predicted octanol–water partition coefficient (Wildman–Crippen LogP) is 2.10. The van der Waals surface area contributed by atoms with Crippen LogP contribution in [0.3, 0.4) is 0 Å². The third kappa shape index (κ3) is 3.88. The van der Waals surface area contributed by atoms with Crippen molar-refractivity contribution in [2.24, 2.45) is 0 Å². The number of hydrogen-bond acceptors (Lipinski definition) is 4. The number of rotatable bonds is 7. The van der Waals surface area contributed by atoms with Crippen LogP contribution in [0.2, 0.25) is 0 Å². The van der Waals surface area contributed by atoms with E-state index in [2.05, 4.69) is 17.4 Å². The number of urea groups is 1. The van der Waals surface area contributed by atoms with Crippen LogP contribution in [0, 0.1) is 0 Å². The van der Waals surface area contributed by atoms with E-state index >= 15 is 0 Å². The van der Waals surface area contributed by atoms with Gasteiger partial charge in [0.05, 0.1) is 0 Å². The van der Waals surface area contributed by atoms with Crippen LogP contribution in [0.4, 0.5) is 4.79 Å². The lowest BCUT2D eigenvalue weighted by Gasteiger charge is -2.15. The maximum atomic E-state index is 11.4. The lowest BCUT2D eigenvalue weighted by atomic mass is 10.2. The maximum absolute atomic E-state index is 11.4. The van der Waals surface area contributed by atoms with Crippen molar-refractivity contribution < 1.29 is 14.3 Å². The van der Waals surface area contributed by atoms with E-state index in [-0.39, 0.29) is 12.3 Å². The fraction of sp³-hybridized carbons (Fsp3) is 0.500. The number of hydrogen-bond donors (Lipinski definition) is 1. The number of carbonyl (C=O) groups excluding carboxylic acids is 1. The molecule has 0 radical (unpaired) electrons. The van der Waals surface area contributed by atoms with E-state index in [4.69, 9.17) is 9.47 Å². The molecule has 0 saturated carbocycles. The minimum absolute atomic E-state index is 0.0454. The summed E-state index contributed by atoms with van der Waals surface area (Å²) in [5.41, 5.74) is 0.998. The molecule has 0 atom stereocenters. The van der Waals surface area contributed by atoms with Gasteiger partial charge in [-0.15, -0.1) is 11.8 Å². The number of thioether (sulfide) groups is 1. The van der Waals surface area contributed by atoms with Crippen molar-refractivity contribution in [3.05, 3.63) is 29.8 Å². The molecule has 1 aliphatic heterocycles. The molecule has 2 amide bonds. The molecule has 1 saturated heterocycles. The van der Waals surface area contributed by atoms with Crippen LogP contribution in [0.1, 0.15) is 11.9 Å². The first kappa shape index (κ1) is 15.2. The van der Waals surface area contributed by atoms with Crippen LogP contribution in [0.5, 0.6) is 0 Å². The largest absolute Gasteiger partial charge is 0.352 e. The summed E-state index contributed by atoms with van der Waals surface area (Å²) >= 11 is 1.74. The normalized spacial score (nSPS) is 14.9. The number of amides is 2. The molecule has 1 aliphatic rings. The molecule has 0 aliphatic carbocycles. The van der Waals surface area contributed by atoms with Crippen molar-refractivity contribution in [1.82, 2.24) is 10.2 Å².